The minimum atomic E-state index is -0.953. The van der Waals surface area contributed by atoms with Crippen LogP contribution in [0.15, 0.2) is 30.3 Å². The summed E-state index contributed by atoms with van der Waals surface area (Å²) in [6, 6.07) is 8.64. The van der Waals surface area contributed by atoms with Gasteiger partial charge in [0.05, 0.1) is 5.92 Å². The predicted molar refractivity (Wildman–Crippen MR) is 107 cm³/mol. The summed E-state index contributed by atoms with van der Waals surface area (Å²) >= 11 is 0. The number of carbonyl (C=O) groups excluding carboxylic acids is 2. The number of benzene rings is 1. The number of carboxylic acid groups (broad SMARTS) is 1. The lowest BCUT2D eigenvalue weighted by Gasteiger charge is -2.28. The molecule has 2 amide bonds. The maximum Gasteiger partial charge on any atom is 0.407 e. The third-order valence-corrected chi connectivity index (χ3v) is 5.97. The fourth-order valence-electron chi connectivity index (χ4n) is 4.42. The van der Waals surface area contributed by atoms with E-state index in [1.165, 1.54) is 17.7 Å². The number of rotatable bonds is 8. The number of carboxylic acids is 1. The van der Waals surface area contributed by atoms with Crippen LogP contribution >= 0.6 is 0 Å². The van der Waals surface area contributed by atoms with Gasteiger partial charge < -0.3 is 20.1 Å². The number of ether oxygens (including phenoxy) is 1. The van der Waals surface area contributed by atoms with E-state index >= 15 is 0 Å². The van der Waals surface area contributed by atoms with E-state index in [9.17, 15) is 19.5 Å². The second-order valence-electron chi connectivity index (χ2n) is 8.05. The van der Waals surface area contributed by atoms with Crippen LogP contribution in [0.5, 0.6) is 0 Å². The van der Waals surface area contributed by atoms with Gasteiger partial charge in [-0.3, -0.25) is 4.79 Å². The number of nitrogens with one attached hydrogen (secondary N) is 1. The molecular weight excluding hydrogens is 372 g/mol. The molecule has 7 heteroatoms. The van der Waals surface area contributed by atoms with Crippen molar-refractivity contribution >= 4 is 18.0 Å². The maximum atomic E-state index is 13.1. The third kappa shape index (κ3) is 5.95. The highest BCUT2D eigenvalue weighted by atomic mass is 16.5. The molecule has 29 heavy (non-hydrogen) atoms. The van der Waals surface area contributed by atoms with Crippen LogP contribution in [0.25, 0.3) is 0 Å². The first kappa shape index (κ1) is 21.1. The van der Waals surface area contributed by atoms with Crippen molar-refractivity contribution in [3.05, 3.63) is 35.9 Å². The van der Waals surface area contributed by atoms with Gasteiger partial charge in [0.1, 0.15) is 12.6 Å². The standard InChI is InChI=1S/C22H30N2O5/c25-20(24-12-6-11-19(24)21(26)27)18(13-16-7-4-5-8-16)14-23-22(28)29-15-17-9-2-1-3-10-17/h1-3,9-10,16,18-19H,4-8,11-15H2,(H,23,28)(H,26,27). The summed E-state index contributed by atoms with van der Waals surface area (Å²) in [5.74, 6) is -1.07. The topological polar surface area (TPSA) is 95.9 Å². The highest BCUT2D eigenvalue weighted by molar-refractivity contribution is 5.86. The molecule has 1 saturated heterocycles. The van der Waals surface area contributed by atoms with Crippen molar-refractivity contribution in [1.82, 2.24) is 10.2 Å². The van der Waals surface area contributed by atoms with E-state index in [1.54, 1.807) is 0 Å². The summed E-state index contributed by atoms with van der Waals surface area (Å²) in [6.45, 7) is 0.808. The Bertz CT molecular complexity index is 702. The van der Waals surface area contributed by atoms with Gasteiger partial charge in [0.15, 0.2) is 0 Å². The van der Waals surface area contributed by atoms with Crippen molar-refractivity contribution in [3.63, 3.8) is 0 Å². The lowest BCUT2D eigenvalue weighted by atomic mass is 9.92. The molecule has 3 rings (SSSR count). The van der Waals surface area contributed by atoms with Crippen LogP contribution in [0.2, 0.25) is 0 Å². The van der Waals surface area contributed by atoms with Crippen LogP contribution in [-0.2, 0) is 20.9 Å². The van der Waals surface area contributed by atoms with E-state index in [-0.39, 0.29) is 19.1 Å². The van der Waals surface area contributed by atoms with Gasteiger partial charge in [0, 0.05) is 13.1 Å². The molecule has 0 aromatic heterocycles. The second kappa shape index (κ2) is 10.3. The SMILES string of the molecule is O=C(NCC(CC1CCCC1)C(=O)N1CCCC1C(=O)O)OCc1ccccc1. The van der Waals surface area contributed by atoms with Gasteiger partial charge in [-0.2, -0.15) is 0 Å². The van der Waals surface area contributed by atoms with E-state index in [4.69, 9.17) is 4.74 Å². The largest absolute Gasteiger partial charge is 0.480 e. The predicted octanol–water partition coefficient (Wildman–Crippen LogP) is 3.18. The van der Waals surface area contributed by atoms with Gasteiger partial charge in [-0.1, -0.05) is 56.0 Å². The summed E-state index contributed by atoms with van der Waals surface area (Å²) in [4.78, 5) is 38.2. The highest BCUT2D eigenvalue weighted by Gasteiger charge is 2.38. The maximum absolute atomic E-state index is 13.1. The minimum absolute atomic E-state index is 0.162. The van der Waals surface area contributed by atoms with Crippen molar-refractivity contribution in [2.45, 2.75) is 57.6 Å². The van der Waals surface area contributed by atoms with E-state index < -0.39 is 24.0 Å². The zero-order valence-electron chi connectivity index (χ0n) is 16.7. The Morgan fingerprint density at radius 1 is 1.10 bits per heavy atom. The monoisotopic (exact) mass is 402 g/mol. The Labute approximate surface area is 171 Å². The first-order valence-electron chi connectivity index (χ1n) is 10.5. The molecule has 2 atom stereocenters. The van der Waals surface area contributed by atoms with E-state index in [1.807, 2.05) is 30.3 Å². The Hall–Kier alpha value is -2.57. The highest BCUT2D eigenvalue weighted by Crippen LogP contribution is 2.32. The number of hydrogen-bond acceptors (Lipinski definition) is 4. The van der Waals surface area contributed by atoms with Crippen LogP contribution in [0.3, 0.4) is 0 Å². The van der Waals surface area contributed by atoms with E-state index in [0.29, 0.717) is 31.7 Å². The van der Waals surface area contributed by atoms with Crippen LogP contribution in [0, 0.1) is 11.8 Å². The fraction of sp³-hybridized carbons (Fsp3) is 0.591. The normalized spacial score (nSPS) is 20.4. The van der Waals surface area contributed by atoms with Crippen molar-refractivity contribution < 1.29 is 24.2 Å². The fourth-order valence-corrected chi connectivity index (χ4v) is 4.42. The van der Waals surface area contributed by atoms with Crippen LogP contribution in [0.4, 0.5) is 4.79 Å². The zero-order valence-corrected chi connectivity index (χ0v) is 16.7. The smallest absolute Gasteiger partial charge is 0.407 e. The Balaban J connectivity index is 1.56. The number of aliphatic carboxylic acids is 1. The number of carbonyl (C=O) groups is 3. The molecule has 1 aromatic carbocycles. The van der Waals surface area contributed by atoms with Crippen molar-refractivity contribution in [2.75, 3.05) is 13.1 Å². The first-order chi connectivity index (χ1) is 14.0. The molecule has 1 aliphatic carbocycles. The van der Waals surface area contributed by atoms with E-state index in [0.717, 1.165) is 18.4 Å². The molecular formula is C22H30N2O5. The lowest BCUT2D eigenvalue weighted by Crippen LogP contribution is -2.46. The number of likely N-dealkylation sites (tertiary alicyclic amines) is 1. The zero-order chi connectivity index (χ0) is 20.6. The summed E-state index contributed by atoms with van der Waals surface area (Å²) in [6.07, 6.45) is 5.82. The van der Waals surface area contributed by atoms with Gasteiger partial charge in [-0.05, 0) is 30.7 Å². The second-order valence-corrected chi connectivity index (χ2v) is 8.05. The molecule has 2 N–H and O–H groups in total. The van der Waals surface area contributed by atoms with Crippen LogP contribution in [0.1, 0.15) is 50.5 Å². The molecule has 1 aliphatic heterocycles. The molecule has 1 saturated carbocycles. The number of alkyl carbamates (subject to hydrolysis) is 1. The summed E-state index contributed by atoms with van der Waals surface area (Å²) in [5, 5.41) is 12.1. The minimum Gasteiger partial charge on any atom is -0.480 e. The summed E-state index contributed by atoms with van der Waals surface area (Å²) in [5.41, 5.74) is 0.891. The van der Waals surface area contributed by atoms with Crippen molar-refractivity contribution in [2.24, 2.45) is 11.8 Å². The van der Waals surface area contributed by atoms with Gasteiger partial charge in [-0.15, -0.1) is 0 Å². The van der Waals surface area contributed by atoms with Gasteiger partial charge >= 0.3 is 12.1 Å². The molecule has 2 aliphatic rings. The molecule has 0 radical (unpaired) electrons. The van der Waals surface area contributed by atoms with Crippen LogP contribution < -0.4 is 5.32 Å². The van der Waals surface area contributed by atoms with Gasteiger partial charge in [0.25, 0.3) is 0 Å². The van der Waals surface area contributed by atoms with Gasteiger partial charge in [-0.25, -0.2) is 9.59 Å². The first-order valence-corrected chi connectivity index (χ1v) is 10.5. The van der Waals surface area contributed by atoms with Gasteiger partial charge in [0.2, 0.25) is 5.91 Å². The molecule has 7 nitrogen and oxygen atoms in total. The Morgan fingerprint density at radius 3 is 2.52 bits per heavy atom. The average molecular weight is 402 g/mol. The summed E-state index contributed by atoms with van der Waals surface area (Å²) < 4.78 is 5.24. The number of nitrogens with zero attached hydrogens (tertiary/aromatic N) is 1. The van der Waals surface area contributed by atoms with Crippen molar-refractivity contribution in [1.29, 1.82) is 0 Å². The molecule has 2 unspecified atom stereocenters. The molecule has 1 heterocycles. The molecule has 0 spiro atoms. The van der Waals surface area contributed by atoms with E-state index in [2.05, 4.69) is 5.32 Å². The molecule has 1 aromatic rings. The molecule has 0 bridgehead atoms. The quantitative estimate of drug-likeness (QED) is 0.696. The number of hydrogen-bond donors (Lipinski definition) is 2. The lowest BCUT2D eigenvalue weighted by molar-refractivity contribution is -0.150. The summed E-state index contributed by atoms with van der Waals surface area (Å²) in [7, 11) is 0. The Kier molecular flexibility index (Phi) is 7.49. The molecule has 158 valence electrons. The number of amides is 2. The molecule has 2 fully saturated rings. The van der Waals surface area contributed by atoms with Crippen LogP contribution in [-0.4, -0.2) is 47.1 Å². The average Bonchev–Trinajstić information content (AvgIpc) is 3.41. The Morgan fingerprint density at radius 2 is 1.83 bits per heavy atom. The van der Waals surface area contributed by atoms with Crippen molar-refractivity contribution in [3.8, 4) is 0 Å². The third-order valence-electron chi connectivity index (χ3n) is 5.97.